The predicted octanol–water partition coefficient (Wildman–Crippen LogP) is 3.27. The van der Waals surface area contributed by atoms with Gasteiger partial charge >= 0.3 is 0 Å². The molecule has 1 fully saturated rings. The zero-order valence-corrected chi connectivity index (χ0v) is 14.0. The van der Waals surface area contributed by atoms with Gasteiger partial charge in [-0.15, -0.1) is 11.8 Å². The van der Waals surface area contributed by atoms with Crippen LogP contribution in [0.4, 0.5) is 8.78 Å². The maximum Gasteiger partial charge on any atom is 0.147 e. The molecule has 21 heavy (non-hydrogen) atoms. The van der Waals surface area contributed by atoms with Crippen molar-refractivity contribution in [2.45, 2.75) is 29.5 Å². The van der Waals surface area contributed by atoms with Gasteiger partial charge in [-0.3, -0.25) is 0 Å². The van der Waals surface area contributed by atoms with Crippen molar-refractivity contribution in [1.82, 2.24) is 0 Å². The highest BCUT2D eigenvalue weighted by Gasteiger charge is 2.57. The van der Waals surface area contributed by atoms with Crippen LogP contribution in [0.15, 0.2) is 22.7 Å². The van der Waals surface area contributed by atoms with E-state index >= 15 is 0 Å². The highest BCUT2D eigenvalue weighted by atomic mass is 79.9. The first-order valence-electron chi connectivity index (χ1n) is 6.32. The molecule has 0 aliphatic carbocycles. The Kier molecular flexibility index (Phi) is 4.43. The molecule has 1 heterocycles. The first-order chi connectivity index (χ1) is 9.56. The Morgan fingerprint density at radius 2 is 2.19 bits per heavy atom. The van der Waals surface area contributed by atoms with E-state index in [4.69, 9.17) is 5.73 Å². The van der Waals surface area contributed by atoms with Crippen LogP contribution in [-0.4, -0.2) is 34.1 Å². The number of quaternary nitrogens is 1. The SMILES string of the molecule is CC1(C)[C@@H](N)SC(CF)(c2cc(Br)ccc2F)C[N+]1([O-])O. The van der Waals surface area contributed by atoms with Crippen molar-refractivity contribution < 1.29 is 18.8 Å². The molecule has 0 amide bonds. The van der Waals surface area contributed by atoms with E-state index in [-0.39, 0.29) is 5.56 Å². The number of halogens is 3. The van der Waals surface area contributed by atoms with Crippen LogP contribution in [0.3, 0.4) is 0 Å². The summed E-state index contributed by atoms with van der Waals surface area (Å²) in [6.45, 7) is 1.51. The monoisotopic (exact) mass is 382 g/mol. The fourth-order valence-electron chi connectivity index (χ4n) is 2.31. The van der Waals surface area contributed by atoms with Crippen LogP contribution in [0, 0.1) is 11.0 Å². The number of alkyl halides is 1. The van der Waals surface area contributed by atoms with Gasteiger partial charge in [-0.1, -0.05) is 15.9 Å². The summed E-state index contributed by atoms with van der Waals surface area (Å²) in [7, 11) is 0. The van der Waals surface area contributed by atoms with Gasteiger partial charge in [0.2, 0.25) is 0 Å². The number of rotatable bonds is 2. The quantitative estimate of drug-likeness (QED) is 0.608. The highest BCUT2D eigenvalue weighted by molar-refractivity contribution is 9.10. The number of nitrogens with two attached hydrogens (primary N) is 1. The van der Waals surface area contributed by atoms with Crippen molar-refractivity contribution in [3.8, 4) is 0 Å². The van der Waals surface area contributed by atoms with Crippen molar-refractivity contribution in [1.29, 1.82) is 0 Å². The molecule has 0 spiro atoms. The number of benzene rings is 1. The van der Waals surface area contributed by atoms with Crippen LogP contribution in [0.1, 0.15) is 19.4 Å². The smallest absolute Gasteiger partial charge is 0.147 e. The summed E-state index contributed by atoms with van der Waals surface area (Å²) in [5, 5.41) is 21.7. The van der Waals surface area contributed by atoms with Crippen LogP contribution in [0.25, 0.3) is 0 Å². The van der Waals surface area contributed by atoms with Crippen molar-refractivity contribution in [2.75, 3.05) is 13.2 Å². The van der Waals surface area contributed by atoms with E-state index in [1.165, 1.54) is 32.0 Å². The Morgan fingerprint density at radius 3 is 2.71 bits per heavy atom. The van der Waals surface area contributed by atoms with Gasteiger partial charge in [0.25, 0.3) is 0 Å². The minimum atomic E-state index is -1.71. The Hall–Kier alpha value is -0.250. The lowest BCUT2D eigenvalue weighted by molar-refractivity contribution is -1.10. The van der Waals surface area contributed by atoms with E-state index in [9.17, 15) is 19.2 Å². The second-order valence-electron chi connectivity index (χ2n) is 5.80. The molecular weight excluding hydrogens is 366 g/mol. The van der Waals surface area contributed by atoms with Crippen molar-refractivity contribution in [3.05, 3.63) is 39.3 Å². The van der Waals surface area contributed by atoms with E-state index in [2.05, 4.69) is 15.9 Å². The standard InChI is InChI=1S/C13H17BrF2N2O2S/c1-12(2)11(17)21-13(6-15,7-18(12,19)20)9-5-8(14)3-4-10(9)16/h3-5,11,19H,6-7,17H2,1-2H3/t11-,13?/m0/s1. The van der Waals surface area contributed by atoms with E-state index in [0.717, 1.165) is 11.8 Å². The first kappa shape index (κ1) is 17.1. The van der Waals surface area contributed by atoms with Crippen LogP contribution in [-0.2, 0) is 4.75 Å². The Bertz CT molecular complexity index is 559. The van der Waals surface area contributed by atoms with Crippen LogP contribution < -0.4 is 5.73 Å². The van der Waals surface area contributed by atoms with Crippen LogP contribution >= 0.6 is 27.7 Å². The van der Waals surface area contributed by atoms with Gasteiger partial charge < -0.3 is 10.9 Å². The summed E-state index contributed by atoms with van der Waals surface area (Å²) in [4.78, 5) is -1.71. The summed E-state index contributed by atoms with van der Waals surface area (Å²) < 4.78 is 27.0. The van der Waals surface area contributed by atoms with Gasteiger partial charge in [-0.25, -0.2) is 18.8 Å². The van der Waals surface area contributed by atoms with E-state index < -0.39 is 39.5 Å². The third kappa shape index (κ3) is 2.73. The molecule has 3 N–H and O–H groups in total. The molecule has 3 atom stereocenters. The van der Waals surface area contributed by atoms with Gasteiger partial charge in [0, 0.05) is 10.0 Å². The highest BCUT2D eigenvalue weighted by Crippen LogP contribution is 2.51. The summed E-state index contributed by atoms with van der Waals surface area (Å²) in [6, 6.07) is 4.10. The summed E-state index contributed by atoms with van der Waals surface area (Å²) in [6.07, 6.45) is 0. The molecule has 118 valence electrons. The van der Waals surface area contributed by atoms with Gasteiger partial charge in [0.05, 0.1) is 0 Å². The predicted molar refractivity (Wildman–Crippen MR) is 81.7 cm³/mol. The zero-order chi connectivity index (χ0) is 16.1. The molecule has 1 aliphatic heterocycles. The minimum absolute atomic E-state index is 0.0303. The van der Waals surface area contributed by atoms with Gasteiger partial charge in [-0.2, -0.15) is 0 Å². The maximum absolute atomic E-state index is 14.1. The van der Waals surface area contributed by atoms with Gasteiger partial charge in [0.15, 0.2) is 0 Å². The number of hydroxylamine groups is 4. The van der Waals surface area contributed by atoms with E-state index in [0.29, 0.717) is 4.47 Å². The third-order valence-electron chi connectivity index (χ3n) is 4.05. The normalized spacial score (nSPS) is 35.7. The Labute approximate surface area is 134 Å². The molecule has 1 aromatic carbocycles. The second kappa shape index (κ2) is 5.43. The van der Waals surface area contributed by atoms with E-state index in [1.54, 1.807) is 0 Å². The lowest BCUT2D eigenvalue weighted by atomic mass is 9.94. The molecule has 2 rings (SSSR count). The fourth-order valence-corrected chi connectivity index (χ4v) is 4.21. The number of hydrogen-bond acceptors (Lipinski definition) is 4. The molecular formula is C13H17BrF2N2O2S. The summed E-state index contributed by atoms with van der Waals surface area (Å²) >= 11 is 4.19. The van der Waals surface area contributed by atoms with Crippen molar-refractivity contribution in [3.63, 3.8) is 0 Å². The van der Waals surface area contributed by atoms with Gasteiger partial charge in [0.1, 0.15) is 34.7 Å². The topological polar surface area (TPSA) is 69.3 Å². The molecule has 2 unspecified atom stereocenters. The molecule has 1 saturated heterocycles. The Balaban J connectivity index is 2.55. The lowest BCUT2D eigenvalue weighted by Gasteiger charge is -2.57. The number of thioether (sulfide) groups is 1. The minimum Gasteiger partial charge on any atom is -0.598 e. The largest absolute Gasteiger partial charge is 0.598 e. The van der Waals surface area contributed by atoms with Crippen LogP contribution in [0.2, 0.25) is 0 Å². The number of hydrogen-bond donors (Lipinski definition) is 2. The average molecular weight is 383 g/mol. The van der Waals surface area contributed by atoms with E-state index in [1.807, 2.05) is 0 Å². The molecule has 1 aliphatic rings. The second-order valence-corrected chi connectivity index (χ2v) is 8.24. The fraction of sp³-hybridized carbons (Fsp3) is 0.538. The molecule has 0 aromatic heterocycles. The average Bonchev–Trinajstić information content (AvgIpc) is 2.38. The molecule has 0 saturated carbocycles. The van der Waals surface area contributed by atoms with Crippen LogP contribution in [0.5, 0.6) is 0 Å². The van der Waals surface area contributed by atoms with Crippen molar-refractivity contribution in [2.24, 2.45) is 5.73 Å². The molecule has 1 aromatic rings. The zero-order valence-electron chi connectivity index (χ0n) is 11.6. The number of nitrogens with zero attached hydrogens (tertiary/aromatic N) is 1. The Morgan fingerprint density at radius 1 is 1.57 bits per heavy atom. The maximum atomic E-state index is 14.1. The molecule has 8 heteroatoms. The van der Waals surface area contributed by atoms with Crippen molar-refractivity contribution >= 4 is 27.7 Å². The molecule has 4 nitrogen and oxygen atoms in total. The molecule has 0 bridgehead atoms. The summed E-state index contributed by atoms with van der Waals surface area (Å²) in [5.74, 6) is -0.629. The molecule has 0 radical (unpaired) electrons. The lowest BCUT2D eigenvalue weighted by Crippen LogP contribution is -2.70. The van der Waals surface area contributed by atoms with Gasteiger partial charge in [-0.05, 0) is 32.0 Å². The first-order valence-corrected chi connectivity index (χ1v) is 8.00. The summed E-state index contributed by atoms with van der Waals surface area (Å²) in [5.41, 5.74) is 4.77. The third-order valence-corrected chi connectivity index (χ3v) is 6.29.